The molecular weight excluding hydrogens is 200 g/mol. The van der Waals surface area contributed by atoms with Crippen molar-refractivity contribution in [3.05, 3.63) is 46.9 Å². The lowest BCUT2D eigenvalue weighted by atomic mass is 10.0. The highest BCUT2D eigenvalue weighted by Crippen LogP contribution is 2.25. The Hall–Kier alpha value is -1.77. The number of nitrogens with one attached hydrogen (secondary N) is 1. The summed E-state index contributed by atoms with van der Waals surface area (Å²) in [5.74, 6) is 0. The standard InChI is InChI=1S/C13H14N2O/c16-13-14-11-8-4-5-9-12(11)15(13)10-6-2-1-3-7-10/h1-2,4-5,8-10H,3,6-7H2,(H,14,16). The number of hydrogen-bond acceptors (Lipinski definition) is 1. The van der Waals surface area contributed by atoms with E-state index < -0.39 is 0 Å². The third kappa shape index (κ3) is 1.40. The number of aromatic amines is 1. The van der Waals surface area contributed by atoms with Crippen LogP contribution in [-0.2, 0) is 0 Å². The predicted molar refractivity (Wildman–Crippen MR) is 64.6 cm³/mol. The molecule has 1 aliphatic rings. The van der Waals surface area contributed by atoms with Crippen molar-refractivity contribution in [3.63, 3.8) is 0 Å². The van der Waals surface area contributed by atoms with Crippen LogP contribution in [-0.4, -0.2) is 9.55 Å². The van der Waals surface area contributed by atoms with E-state index in [4.69, 9.17) is 0 Å². The number of benzene rings is 1. The van der Waals surface area contributed by atoms with Crippen LogP contribution < -0.4 is 5.69 Å². The smallest absolute Gasteiger partial charge is 0.306 e. The Bertz CT molecular complexity index is 591. The van der Waals surface area contributed by atoms with Gasteiger partial charge in [-0.2, -0.15) is 0 Å². The number of hydrogen-bond donors (Lipinski definition) is 1. The molecule has 0 saturated heterocycles. The molecule has 3 heteroatoms. The zero-order chi connectivity index (χ0) is 11.0. The van der Waals surface area contributed by atoms with Crippen molar-refractivity contribution in [2.24, 2.45) is 0 Å². The molecule has 0 fully saturated rings. The van der Waals surface area contributed by atoms with E-state index in [1.807, 2.05) is 28.8 Å². The lowest BCUT2D eigenvalue weighted by molar-refractivity contribution is 0.461. The number of imidazole rings is 1. The number of rotatable bonds is 1. The Balaban J connectivity index is 2.18. The topological polar surface area (TPSA) is 37.8 Å². The number of para-hydroxylation sites is 2. The van der Waals surface area contributed by atoms with Crippen LogP contribution in [0.2, 0.25) is 0 Å². The van der Waals surface area contributed by atoms with Gasteiger partial charge in [-0.3, -0.25) is 4.57 Å². The van der Waals surface area contributed by atoms with E-state index in [0.29, 0.717) is 6.04 Å². The molecule has 0 radical (unpaired) electrons. The van der Waals surface area contributed by atoms with Crippen LogP contribution in [0.3, 0.4) is 0 Å². The van der Waals surface area contributed by atoms with Crippen LogP contribution in [0.5, 0.6) is 0 Å². The van der Waals surface area contributed by atoms with E-state index in [2.05, 4.69) is 17.1 Å². The highest BCUT2D eigenvalue weighted by molar-refractivity contribution is 5.75. The highest BCUT2D eigenvalue weighted by Gasteiger charge is 2.16. The summed E-state index contributed by atoms with van der Waals surface area (Å²) in [4.78, 5) is 14.8. The third-order valence-electron chi connectivity index (χ3n) is 3.23. The second kappa shape index (κ2) is 3.67. The summed E-state index contributed by atoms with van der Waals surface area (Å²) in [6.07, 6.45) is 7.44. The first-order chi connectivity index (χ1) is 7.86. The van der Waals surface area contributed by atoms with Gasteiger partial charge in [-0.05, 0) is 31.4 Å². The van der Waals surface area contributed by atoms with Crippen molar-refractivity contribution < 1.29 is 0 Å². The first-order valence-corrected chi connectivity index (χ1v) is 5.70. The van der Waals surface area contributed by atoms with Gasteiger partial charge < -0.3 is 4.98 Å². The molecule has 1 heterocycles. The zero-order valence-electron chi connectivity index (χ0n) is 9.02. The monoisotopic (exact) mass is 214 g/mol. The molecule has 1 aromatic carbocycles. The van der Waals surface area contributed by atoms with E-state index in [9.17, 15) is 4.79 Å². The van der Waals surface area contributed by atoms with Crippen LogP contribution >= 0.6 is 0 Å². The Morgan fingerprint density at radius 1 is 1.25 bits per heavy atom. The third-order valence-corrected chi connectivity index (χ3v) is 3.23. The number of H-pyrrole nitrogens is 1. The van der Waals surface area contributed by atoms with Crippen molar-refractivity contribution in [1.29, 1.82) is 0 Å². The minimum atomic E-state index is 0.0153. The lowest BCUT2D eigenvalue weighted by Crippen LogP contribution is -2.22. The van der Waals surface area contributed by atoms with Crippen molar-refractivity contribution in [3.8, 4) is 0 Å². The minimum Gasteiger partial charge on any atom is -0.306 e. The first kappa shape index (κ1) is 9.46. The number of allylic oxidation sites excluding steroid dienone is 2. The van der Waals surface area contributed by atoms with Crippen LogP contribution in [0.4, 0.5) is 0 Å². The molecule has 0 saturated carbocycles. The summed E-state index contributed by atoms with van der Waals surface area (Å²) in [7, 11) is 0. The Labute approximate surface area is 93.4 Å². The summed E-state index contributed by atoms with van der Waals surface area (Å²) in [6, 6.07) is 8.19. The molecule has 16 heavy (non-hydrogen) atoms. The average molecular weight is 214 g/mol. The normalized spacial score (nSPS) is 20.4. The highest BCUT2D eigenvalue weighted by atomic mass is 16.1. The van der Waals surface area contributed by atoms with Gasteiger partial charge in [-0.15, -0.1) is 0 Å². The molecule has 0 aliphatic heterocycles. The molecule has 0 amide bonds. The van der Waals surface area contributed by atoms with Crippen LogP contribution in [0.1, 0.15) is 25.3 Å². The molecule has 82 valence electrons. The minimum absolute atomic E-state index is 0.0153. The molecule has 1 N–H and O–H groups in total. The van der Waals surface area contributed by atoms with Gasteiger partial charge in [-0.25, -0.2) is 4.79 Å². The van der Waals surface area contributed by atoms with E-state index >= 15 is 0 Å². The molecule has 1 atom stereocenters. The van der Waals surface area contributed by atoms with Crippen LogP contribution in [0.25, 0.3) is 11.0 Å². The summed E-state index contributed by atoms with van der Waals surface area (Å²) >= 11 is 0. The molecule has 0 spiro atoms. The first-order valence-electron chi connectivity index (χ1n) is 5.70. The summed E-state index contributed by atoms with van der Waals surface area (Å²) in [5.41, 5.74) is 1.97. The van der Waals surface area contributed by atoms with Crippen molar-refractivity contribution in [2.45, 2.75) is 25.3 Å². The van der Waals surface area contributed by atoms with Crippen molar-refractivity contribution in [1.82, 2.24) is 9.55 Å². The predicted octanol–water partition coefficient (Wildman–Crippen LogP) is 2.61. The van der Waals surface area contributed by atoms with Gasteiger partial charge in [0, 0.05) is 6.04 Å². The van der Waals surface area contributed by atoms with Crippen LogP contribution in [0.15, 0.2) is 41.2 Å². The second-order valence-corrected chi connectivity index (χ2v) is 4.26. The molecule has 1 aliphatic carbocycles. The second-order valence-electron chi connectivity index (χ2n) is 4.26. The van der Waals surface area contributed by atoms with Crippen LogP contribution in [0, 0.1) is 0 Å². The van der Waals surface area contributed by atoms with Gasteiger partial charge >= 0.3 is 5.69 Å². The SMILES string of the molecule is O=c1[nH]c2ccccc2n1C1CC=CCC1. The van der Waals surface area contributed by atoms with Crippen molar-refractivity contribution in [2.75, 3.05) is 0 Å². The van der Waals surface area contributed by atoms with E-state index in [1.54, 1.807) is 0 Å². The zero-order valence-corrected chi connectivity index (χ0v) is 9.02. The number of fused-ring (bicyclic) bond motifs is 1. The van der Waals surface area contributed by atoms with Gasteiger partial charge in [0.15, 0.2) is 0 Å². The van der Waals surface area contributed by atoms with Gasteiger partial charge in [0.25, 0.3) is 0 Å². The molecule has 0 bridgehead atoms. The average Bonchev–Trinajstić information content (AvgIpc) is 2.66. The van der Waals surface area contributed by atoms with Gasteiger partial charge in [-0.1, -0.05) is 24.3 Å². The van der Waals surface area contributed by atoms with Gasteiger partial charge in [0.2, 0.25) is 0 Å². The molecular formula is C13H14N2O. The van der Waals surface area contributed by atoms with Gasteiger partial charge in [0.1, 0.15) is 0 Å². The van der Waals surface area contributed by atoms with E-state index in [1.165, 1.54) is 0 Å². The Morgan fingerprint density at radius 3 is 2.94 bits per heavy atom. The van der Waals surface area contributed by atoms with E-state index in [0.717, 1.165) is 30.3 Å². The Morgan fingerprint density at radius 2 is 2.12 bits per heavy atom. The maximum Gasteiger partial charge on any atom is 0.326 e. The summed E-state index contributed by atoms with van der Waals surface area (Å²) in [5, 5.41) is 0. The van der Waals surface area contributed by atoms with E-state index in [-0.39, 0.29) is 5.69 Å². The fourth-order valence-corrected chi connectivity index (χ4v) is 2.45. The molecule has 3 nitrogen and oxygen atoms in total. The summed E-state index contributed by atoms with van der Waals surface area (Å²) < 4.78 is 1.90. The molecule has 3 rings (SSSR count). The largest absolute Gasteiger partial charge is 0.326 e. The molecule has 1 aromatic heterocycles. The van der Waals surface area contributed by atoms with Crippen molar-refractivity contribution >= 4 is 11.0 Å². The Kier molecular flexibility index (Phi) is 2.17. The maximum atomic E-state index is 11.9. The fraction of sp³-hybridized carbons (Fsp3) is 0.308. The molecule has 2 aromatic rings. The quantitative estimate of drug-likeness (QED) is 0.728. The number of nitrogens with zero attached hydrogens (tertiary/aromatic N) is 1. The lowest BCUT2D eigenvalue weighted by Gasteiger charge is -2.19. The van der Waals surface area contributed by atoms with Gasteiger partial charge in [0.05, 0.1) is 11.0 Å². The number of aromatic nitrogens is 2. The fourth-order valence-electron chi connectivity index (χ4n) is 2.45. The maximum absolute atomic E-state index is 11.9. The summed E-state index contributed by atoms with van der Waals surface area (Å²) in [6.45, 7) is 0. The molecule has 1 unspecified atom stereocenters.